The van der Waals surface area contributed by atoms with Gasteiger partial charge >= 0.3 is 5.97 Å². The molecule has 0 aromatic heterocycles. The molecule has 6 nitrogen and oxygen atoms in total. The van der Waals surface area contributed by atoms with E-state index in [2.05, 4.69) is 5.32 Å². The van der Waals surface area contributed by atoms with Gasteiger partial charge in [-0.1, -0.05) is 31.2 Å². The molecule has 2 aromatic rings. The molecule has 6 heteroatoms. The minimum Gasteiger partial charge on any atom is -0.496 e. The average Bonchev–Trinajstić information content (AvgIpc) is 2.65. The Bertz CT molecular complexity index is 811. The topological polar surface area (TPSA) is 92.7 Å². The highest BCUT2D eigenvalue weighted by molar-refractivity contribution is 6.00. The van der Waals surface area contributed by atoms with Gasteiger partial charge in [0.1, 0.15) is 11.3 Å². The van der Waals surface area contributed by atoms with Crippen molar-refractivity contribution in [2.45, 2.75) is 26.2 Å². The Morgan fingerprint density at radius 2 is 1.73 bits per heavy atom. The molecule has 1 amide bonds. The van der Waals surface area contributed by atoms with Gasteiger partial charge in [-0.05, 0) is 24.1 Å². The van der Waals surface area contributed by atoms with Crippen LogP contribution >= 0.6 is 0 Å². The highest BCUT2D eigenvalue weighted by Crippen LogP contribution is 2.23. The predicted octanol–water partition coefficient (Wildman–Crippen LogP) is 3.56. The molecule has 0 radical (unpaired) electrons. The molecule has 2 N–H and O–H groups in total. The molecule has 2 rings (SSSR count). The van der Waals surface area contributed by atoms with E-state index in [0.29, 0.717) is 11.3 Å². The highest BCUT2D eigenvalue weighted by Gasteiger charge is 2.13. The molecule has 0 bridgehead atoms. The van der Waals surface area contributed by atoms with E-state index in [0.717, 1.165) is 12.0 Å². The summed E-state index contributed by atoms with van der Waals surface area (Å²) in [6.07, 6.45) is 1.04. The van der Waals surface area contributed by atoms with Gasteiger partial charge in [-0.3, -0.25) is 9.59 Å². The first-order chi connectivity index (χ1) is 12.4. The first kappa shape index (κ1) is 19.2. The number of hydrogen-bond donors (Lipinski definition) is 2. The first-order valence-electron chi connectivity index (χ1n) is 8.28. The number of anilines is 1. The second-order valence-corrected chi connectivity index (χ2v) is 5.74. The Morgan fingerprint density at radius 3 is 2.31 bits per heavy atom. The molecule has 26 heavy (non-hydrogen) atoms. The van der Waals surface area contributed by atoms with Crippen LogP contribution in [0.15, 0.2) is 42.5 Å². The molecule has 0 atom stereocenters. The minimum atomic E-state index is -1.11. The van der Waals surface area contributed by atoms with Crippen LogP contribution in [0.2, 0.25) is 0 Å². The molecule has 0 spiro atoms. The second-order valence-electron chi connectivity index (χ2n) is 5.74. The quantitative estimate of drug-likeness (QED) is 0.706. The van der Waals surface area contributed by atoms with Gasteiger partial charge in [0.15, 0.2) is 5.78 Å². The Morgan fingerprint density at radius 1 is 1.04 bits per heavy atom. The second kappa shape index (κ2) is 8.80. The average molecular weight is 355 g/mol. The number of carboxylic acid groups (broad SMARTS) is 1. The summed E-state index contributed by atoms with van der Waals surface area (Å²) >= 11 is 0. The van der Waals surface area contributed by atoms with E-state index >= 15 is 0 Å². The normalized spacial score (nSPS) is 10.2. The van der Waals surface area contributed by atoms with Crippen molar-refractivity contribution in [3.63, 3.8) is 0 Å². The Balaban J connectivity index is 1.93. The lowest BCUT2D eigenvalue weighted by atomic mass is 10.0. The summed E-state index contributed by atoms with van der Waals surface area (Å²) in [4.78, 5) is 35.3. The van der Waals surface area contributed by atoms with Crippen LogP contribution in [0.1, 0.15) is 46.0 Å². The number of nitrogens with one attached hydrogen (secondary N) is 1. The molecule has 0 aliphatic rings. The lowest BCUT2D eigenvalue weighted by molar-refractivity contribution is -0.116. The zero-order chi connectivity index (χ0) is 19.1. The van der Waals surface area contributed by atoms with Crippen LogP contribution in [0, 0.1) is 0 Å². The molecule has 136 valence electrons. The predicted molar refractivity (Wildman–Crippen MR) is 98.0 cm³/mol. The number of benzene rings is 2. The number of ether oxygens (including phenoxy) is 1. The van der Waals surface area contributed by atoms with Crippen molar-refractivity contribution in [1.82, 2.24) is 0 Å². The minimum absolute atomic E-state index is 0.0104. The molecule has 0 saturated carbocycles. The molecule has 0 fully saturated rings. The maximum absolute atomic E-state index is 12.2. The summed E-state index contributed by atoms with van der Waals surface area (Å²) < 4.78 is 5.02. The van der Waals surface area contributed by atoms with Crippen LogP contribution in [0.25, 0.3) is 0 Å². The number of methoxy groups -OCH3 is 1. The number of aromatic carboxylic acids is 1. The monoisotopic (exact) mass is 355 g/mol. The van der Waals surface area contributed by atoms with E-state index in [1.54, 1.807) is 12.1 Å². The van der Waals surface area contributed by atoms with Crippen molar-refractivity contribution >= 4 is 23.3 Å². The molecule has 0 heterocycles. The third-order valence-corrected chi connectivity index (χ3v) is 3.98. The van der Waals surface area contributed by atoms with E-state index < -0.39 is 5.97 Å². The van der Waals surface area contributed by atoms with Crippen LogP contribution in [-0.4, -0.2) is 29.9 Å². The summed E-state index contributed by atoms with van der Waals surface area (Å²) in [7, 11) is 1.36. The van der Waals surface area contributed by atoms with Crippen molar-refractivity contribution < 1.29 is 24.2 Å². The van der Waals surface area contributed by atoms with Crippen LogP contribution in [0.5, 0.6) is 5.75 Å². The summed E-state index contributed by atoms with van der Waals surface area (Å²) in [5.41, 5.74) is 2.16. The number of carbonyl (C=O) groups is 3. The standard InChI is InChI=1S/C20H21NO5/c1-3-13-4-6-14(7-5-13)17(22)10-11-19(23)21-15-8-9-16(20(24)25)18(12-15)26-2/h4-9,12H,3,10-11H2,1-2H3,(H,21,23)(H,24,25). The summed E-state index contributed by atoms with van der Waals surface area (Å²) in [6.45, 7) is 2.04. The number of carboxylic acids is 1. The third-order valence-electron chi connectivity index (χ3n) is 3.98. The lowest BCUT2D eigenvalue weighted by Crippen LogP contribution is -2.14. The van der Waals surface area contributed by atoms with Gasteiger partial charge in [0.25, 0.3) is 0 Å². The SMILES string of the molecule is CCc1ccc(C(=O)CCC(=O)Nc2ccc(C(=O)O)c(OC)c2)cc1. The number of carbonyl (C=O) groups excluding carboxylic acids is 2. The van der Waals surface area contributed by atoms with Gasteiger partial charge in [-0.25, -0.2) is 4.79 Å². The van der Waals surface area contributed by atoms with Gasteiger partial charge in [-0.2, -0.15) is 0 Å². The Labute approximate surface area is 151 Å². The fourth-order valence-electron chi connectivity index (χ4n) is 2.47. The van der Waals surface area contributed by atoms with E-state index in [-0.39, 0.29) is 35.8 Å². The summed E-state index contributed by atoms with van der Waals surface area (Å²) in [6, 6.07) is 11.6. The van der Waals surface area contributed by atoms with E-state index in [1.165, 1.54) is 25.3 Å². The van der Waals surface area contributed by atoms with Gasteiger partial charge in [0, 0.05) is 30.2 Å². The molecule has 0 saturated heterocycles. The smallest absolute Gasteiger partial charge is 0.339 e. The molecule has 2 aromatic carbocycles. The summed E-state index contributed by atoms with van der Waals surface area (Å²) in [5, 5.41) is 11.7. The lowest BCUT2D eigenvalue weighted by Gasteiger charge is -2.09. The molecular formula is C20H21NO5. The number of hydrogen-bond acceptors (Lipinski definition) is 4. The fraction of sp³-hybridized carbons (Fsp3) is 0.250. The van der Waals surface area contributed by atoms with Crippen molar-refractivity contribution in [3.05, 3.63) is 59.2 Å². The maximum atomic E-state index is 12.2. The molecular weight excluding hydrogens is 334 g/mol. The van der Waals surface area contributed by atoms with Gasteiger partial charge in [0.2, 0.25) is 5.91 Å². The van der Waals surface area contributed by atoms with Crippen molar-refractivity contribution in [1.29, 1.82) is 0 Å². The van der Waals surface area contributed by atoms with E-state index in [1.807, 2.05) is 19.1 Å². The van der Waals surface area contributed by atoms with Crippen LogP contribution in [0.3, 0.4) is 0 Å². The van der Waals surface area contributed by atoms with Gasteiger partial charge < -0.3 is 15.2 Å². The van der Waals surface area contributed by atoms with E-state index in [4.69, 9.17) is 9.84 Å². The Kier molecular flexibility index (Phi) is 6.49. The largest absolute Gasteiger partial charge is 0.496 e. The molecule has 0 aliphatic heterocycles. The highest BCUT2D eigenvalue weighted by atomic mass is 16.5. The van der Waals surface area contributed by atoms with Crippen molar-refractivity contribution in [3.8, 4) is 5.75 Å². The molecule has 0 unspecified atom stereocenters. The third kappa shape index (κ3) is 4.92. The number of ketones is 1. The maximum Gasteiger partial charge on any atom is 0.339 e. The van der Waals surface area contributed by atoms with Crippen LogP contribution < -0.4 is 10.1 Å². The number of rotatable bonds is 8. The fourth-order valence-corrected chi connectivity index (χ4v) is 2.47. The number of Topliss-reactive ketones (excluding diaryl/α,β-unsaturated/α-hetero) is 1. The van der Waals surface area contributed by atoms with E-state index in [9.17, 15) is 14.4 Å². The summed E-state index contributed by atoms with van der Waals surface area (Å²) in [5.74, 6) is -1.38. The van der Waals surface area contributed by atoms with Crippen LogP contribution in [0.4, 0.5) is 5.69 Å². The Hall–Kier alpha value is -3.15. The molecule has 0 aliphatic carbocycles. The zero-order valence-electron chi connectivity index (χ0n) is 14.7. The number of amides is 1. The van der Waals surface area contributed by atoms with Crippen molar-refractivity contribution in [2.24, 2.45) is 0 Å². The first-order valence-corrected chi connectivity index (χ1v) is 8.28. The van der Waals surface area contributed by atoms with Crippen molar-refractivity contribution in [2.75, 3.05) is 12.4 Å². The van der Waals surface area contributed by atoms with Gasteiger partial charge in [0.05, 0.1) is 7.11 Å². The van der Waals surface area contributed by atoms with Gasteiger partial charge in [-0.15, -0.1) is 0 Å². The number of aryl methyl sites for hydroxylation is 1. The zero-order valence-corrected chi connectivity index (χ0v) is 14.7. The van der Waals surface area contributed by atoms with Crippen LogP contribution in [-0.2, 0) is 11.2 Å².